The molecule has 0 spiro atoms. The first-order valence-corrected chi connectivity index (χ1v) is 8.10. The molecule has 2 bridgehead atoms. The summed E-state index contributed by atoms with van der Waals surface area (Å²) in [5.74, 6) is 0.669. The number of hydrogen-bond donors (Lipinski definition) is 0. The molecule has 1 unspecified atom stereocenters. The summed E-state index contributed by atoms with van der Waals surface area (Å²) in [4.78, 5) is 11.9. The minimum absolute atomic E-state index is 0.197. The lowest BCUT2D eigenvalue weighted by Gasteiger charge is -2.22. The molecule has 0 amide bonds. The van der Waals surface area contributed by atoms with Crippen LogP contribution in [0.4, 0.5) is 0 Å². The predicted octanol–water partition coefficient (Wildman–Crippen LogP) is 3.49. The number of fused-ring (bicyclic) bond motifs is 2. The van der Waals surface area contributed by atoms with Crippen molar-refractivity contribution < 1.29 is 4.79 Å². The van der Waals surface area contributed by atoms with Gasteiger partial charge in [-0.25, -0.2) is 0 Å². The number of allylic oxidation sites excluding steroid dienone is 2. The average molecular weight is 258 g/mol. The second kappa shape index (κ2) is 4.31. The van der Waals surface area contributed by atoms with Crippen molar-refractivity contribution in [3.8, 4) is 0 Å². The summed E-state index contributed by atoms with van der Waals surface area (Å²) >= 11 is 0. The van der Waals surface area contributed by atoms with E-state index in [0.717, 1.165) is 6.42 Å². The van der Waals surface area contributed by atoms with Crippen molar-refractivity contribution in [3.05, 3.63) is 41.5 Å². The zero-order chi connectivity index (χ0) is 12.9. The van der Waals surface area contributed by atoms with E-state index in [4.69, 9.17) is 0 Å². The normalized spacial score (nSPS) is 34.2. The minimum Gasteiger partial charge on any atom is -0.300 e. The Morgan fingerprint density at radius 3 is 2.44 bits per heavy atom. The van der Waals surface area contributed by atoms with E-state index < -0.39 is 0 Å². The zero-order valence-electron chi connectivity index (χ0n) is 11.2. The number of carbonyl (C=O) groups is 1. The van der Waals surface area contributed by atoms with Crippen LogP contribution in [0.5, 0.6) is 0 Å². The Balaban J connectivity index is 2.03. The Morgan fingerprint density at radius 1 is 1.17 bits per heavy atom. The Kier molecular flexibility index (Phi) is 2.90. The van der Waals surface area contributed by atoms with Gasteiger partial charge in [0.05, 0.1) is 0 Å². The molecule has 3 rings (SSSR count). The third kappa shape index (κ3) is 1.61. The molecule has 0 radical (unpaired) electrons. The van der Waals surface area contributed by atoms with Crippen molar-refractivity contribution in [1.29, 1.82) is 0 Å². The van der Waals surface area contributed by atoms with Gasteiger partial charge in [0, 0.05) is 17.2 Å². The molecule has 2 aliphatic rings. The molecule has 1 aromatic rings. The molecule has 0 aromatic heterocycles. The van der Waals surface area contributed by atoms with Crippen molar-refractivity contribution in [2.75, 3.05) is 0 Å². The van der Waals surface area contributed by atoms with E-state index in [2.05, 4.69) is 44.2 Å². The second-order valence-corrected chi connectivity index (χ2v) is 8.03. The van der Waals surface area contributed by atoms with Gasteiger partial charge in [0.1, 0.15) is 5.78 Å². The molecule has 0 aliphatic carbocycles. The molecule has 2 heterocycles. The molecule has 0 saturated carbocycles. The average Bonchev–Trinajstić information content (AvgIpc) is 2.87. The lowest BCUT2D eigenvalue weighted by molar-refractivity contribution is -0.120. The van der Waals surface area contributed by atoms with Crippen LogP contribution in [0.15, 0.2) is 41.5 Å². The first kappa shape index (κ1) is 12.1. The fourth-order valence-corrected chi connectivity index (χ4v) is 7.59. The van der Waals surface area contributed by atoms with E-state index in [1.807, 2.05) is 0 Å². The molecule has 1 nitrogen and oxygen atoms in total. The van der Waals surface area contributed by atoms with Crippen LogP contribution in [-0.2, 0) is 4.79 Å². The first-order chi connectivity index (χ1) is 8.61. The fourth-order valence-electron chi connectivity index (χ4n) is 3.59. The first-order valence-electron chi connectivity index (χ1n) is 6.62. The molecule has 2 aliphatic heterocycles. The van der Waals surface area contributed by atoms with E-state index in [-0.39, 0.29) is 13.8 Å². The van der Waals surface area contributed by atoms with E-state index in [1.54, 1.807) is 12.5 Å². The molecule has 1 aromatic carbocycles. The van der Waals surface area contributed by atoms with Crippen molar-refractivity contribution in [2.24, 2.45) is 5.92 Å². The highest BCUT2D eigenvalue weighted by molar-refractivity contribution is 7.68. The smallest absolute Gasteiger partial charge is 0.133 e. The molecule has 2 heteroatoms. The fraction of sp³-hybridized carbons (Fsp3) is 0.438. The number of rotatable bonds is 2. The summed E-state index contributed by atoms with van der Waals surface area (Å²) in [6.07, 6.45) is 1.09. The summed E-state index contributed by atoms with van der Waals surface area (Å²) in [6.45, 7) is 6.29. The number of ketones is 1. The minimum atomic E-state index is -0.197. The third-order valence-electron chi connectivity index (χ3n) is 4.64. The SMILES string of the molecule is CC(=O)[C@@H]1C[C@H]2C(C)=C(C)[C@@H]1P2c1ccccc1. The van der Waals surface area contributed by atoms with Gasteiger partial charge >= 0.3 is 0 Å². The van der Waals surface area contributed by atoms with Crippen LogP contribution >= 0.6 is 7.92 Å². The molecule has 18 heavy (non-hydrogen) atoms. The van der Waals surface area contributed by atoms with Crippen LogP contribution in [0.3, 0.4) is 0 Å². The molecular weight excluding hydrogens is 239 g/mol. The number of carbonyl (C=O) groups excluding carboxylic acids is 1. The second-order valence-electron chi connectivity index (χ2n) is 5.52. The van der Waals surface area contributed by atoms with Crippen LogP contribution < -0.4 is 5.30 Å². The molecule has 1 fully saturated rings. The van der Waals surface area contributed by atoms with E-state index in [0.29, 0.717) is 17.1 Å². The molecule has 1 saturated heterocycles. The standard InChI is InChI=1S/C16H19OP/c1-10-11(2)16-14(12(3)17)9-15(10)18(16)13-7-5-4-6-8-13/h4-8,14-16H,9H2,1-3H3/t14-,15-,16-,18?/m0/s1. The Morgan fingerprint density at radius 2 is 1.83 bits per heavy atom. The predicted molar refractivity (Wildman–Crippen MR) is 77.7 cm³/mol. The summed E-state index contributed by atoms with van der Waals surface area (Å²) in [6, 6.07) is 10.8. The number of Topliss-reactive ketones (excluding diaryl/α,β-unsaturated/α-hetero) is 1. The number of hydrogen-bond acceptors (Lipinski definition) is 1. The van der Waals surface area contributed by atoms with Gasteiger partial charge in [0.25, 0.3) is 0 Å². The quantitative estimate of drug-likeness (QED) is 0.586. The van der Waals surface area contributed by atoms with Gasteiger partial charge < -0.3 is 0 Å². The lowest BCUT2D eigenvalue weighted by Crippen LogP contribution is -2.24. The largest absolute Gasteiger partial charge is 0.300 e. The van der Waals surface area contributed by atoms with Gasteiger partial charge in [0.2, 0.25) is 0 Å². The van der Waals surface area contributed by atoms with Crippen LogP contribution in [0.2, 0.25) is 0 Å². The Bertz CT molecular complexity index is 517. The van der Waals surface area contributed by atoms with E-state index in [1.165, 1.54) is 10.9 Å². The third-order valence-corrected chi connectivity index (χ3v) is 8.15. The molecule has 4 atom stereocenters. The summed E-state index contributed by atoms with van der Waals surface area (Å²) in [5.41, 5.74) is 4.24. The van der Waals surface area contributed by atoms with Gasteiger partial charge in [0.15, 0.2) is 0 Å². The lowest BCUT2D eigenvalue weighted by atomic mass is 9.83. The van der Waals surface area contributed by atoms with Crippen molar-refractivity contribution in [2.45, 2.75) is 38.5 Å². The summed E-state index contributed by atoms with van der Waals surface area (Å²) < 4.78 is 0. The van der Waals surface area contributed by atoms with Crippen molar-refractivity contribution in [3.63, 3.8) is 0 Å². The van der Waals surface area contributed by atoms with E-state index in [9.17, 15) is 4.79 Å². The highest BCUT2D eigenvalue weighted by Gasteiger charge is 2.51. The van der Waals surface area contributed by atoms with E-state index >= 15 is 0 Å². The monoisotopic (exact) mass is 258 g/mol. The van der Waals surface area contributed by atoms with Crippen LogP contribution in [0.1, 0.15) is 27.2 Å². The molecule has 94 valence electrons. The molecule has 0 N–H and O–H groups in total. The van der Waals surface area contributed by atoms with Crippen LogP contribution in [0, 0.1) is 5.92 Å². The van der Waals surface area contributed by atoms with Crippen molar-refractivity contribution >= 4 is 19.0 Å². The highest BCUT2D eigenvalue weighted by atomic mass is 31.1. The van der Waals surface area contributed by atoms with Crippen LogP contribution in [-0.4, -0.2) is 17.1 Å². The van der Waals surface area contributed by atoms with Crippen LogP contribution in [0.25, 0.3) is 0 Å². The van der Waals surface area contributed by atoms with Crippen molar-refractivity contribution in [1.82, 2.24) is 0 Å². The Hall–Kier alpha value is -0.940. The Labute approximate surface area is 110 Å². The highest BCUT2D eigenvalue weighted by Crippen LogP contribution is 2.67. The maximum absolute atomic E-state index is 11.9. The van der Waals surface area contributed by atoms with Gasteiger partial charge in [-0.05, 0) is 32.5 Å². The maximum atomic E-state index is 11.9. The zero-order valence-corrected chi connectivity index (χ0v) is 12.1. The summed E-state index contributed by atoms with van der Waals surface area (Å²) in [5, 5.41) is 1.47. The topological polar surface area (TPSA) is 17.1 Å². The van der Waals surface area contributed by atoms with Gasteiger partial charge in [-0.1, -0.05) is 49.4 Å². The maximum Gasteiger partial charge on any atom is 0.133 e. The van der Waals surface area contributed by atoms with Gasteiger partial charge in [-0.15, -0.1) is 0 Å². The van der Waals surface area contributed by atoms with Gasteiger partial charge in [-0.3, -0.25) is 4.79 Å². The molecular formula is C16H19OP. The van der Waals surface area contributed by atoms with Gasteiger partial charge in [-0.2, -0.15) is 0 Å². The summed E-state index contributed by atoms with van der Waals surface area (Å²) in [7, 11) is -0.197. The number of benzene rings is 1.